The number of rotatable bonds is 0. The zero-order valence-corrected chi connectivity index (χ0v) is 13.7. The van der Waals surface area contributed by atoms with Gasteiger partial charge in [-0.2, -0.15) is 0 Å². The van der Waals surface area contributed by atoms with Gasteiger partial charge < -0.3 is 0 Å². The van der Waals surface area contributed by atoms with Crippen molar-refractivity contribution in [3.05, 3.63) is 55.4 Å². The molecule has 0 N–H and O–H groups in total. The quantitative estimate of drug-likeness (QED) is 0.360. The van der Waals surface area contributed by atoms with Gasteiger partial charge >= 0.3 is 0 Å². The second-order valence-corrected chi connectivity index (χ2v) is 6.56. The third-order valence-corrected chi connectivity index (χ3v) is 5.31. The first-order chi connectivity index (χ1) is 8.56. The molecule has 0 atom stereocenters. The van der Waals surface area contributed by atoms with E-state index in [9.17, 15) is 0 Å². The highest BCUT2D eigenvalue weighted by atomic mass is 79.9. The van der Waals surface area contributed by atoms with Gasteiger partial charge in [-0.3, -0.25) is 0 Å². The van der Waals surface area contributed by atoms with Gasteiger partial charge in [0.1, 0.15) is 0 Å². The Morgan fingerprint density at radius 3 is 1.89 bits per heavy atom. The molecule has 3 rings (SSSR count). The standard InChI is InChI=1S/C14H6Br2Cl2/c15-11-3-7-1-2-8-4-13(17)12(16)5-9(8)10(7)6-14(11)18/h1-6H. The van der Waals surface area contributed by atoms with Crippen LogP contribution in [0.1, 0.15) is 0 Å². The highest BCUT2D eigenvalue weighted by Crippen LogP contribution is 2.36. The summed E-state index contributed by atoms with van der Waals surface area (Å²) in [5.74, 6) is 0. The average molecular weight is 405 g/mol. The maximum Gasteiger partial charge on any atom is 0.0554 e. The van der Waals surface area contributed by atoms with E-state index in [2.05, 4.69) is 44.0 Å². The van der Waals surface area contributed by atoms with Crippen molar-refractivity contribution < 1.29 is 0 Å². The van der Waals surface area contributed by atoms with Crippen LogP contribution in [0.25, 0.3) is 21.5 Å². The van der Waals surface area contributed by atoms with Crippen LogP contribution in [0.15, 0.2) is 45.3 Å². The van der Waals surface area contributed by atoms with Gasteiger partial charge in [0.15, 0.2) is 0 Å². The zero-order chi connectivity index (χ0) is 12.9. The summed E-state index contributed by atoms with van der Waals surface area (Å²) in [6.45, 7) is 0. The molecule has 90 valence electrons. The lowest BCUT2D eigenvalue weighted by Crippen LogP contribution is -1.80. The van der Waals surface area contributed by atoms with Crippen LogP contribution >= 0.6 is 55.1 Å². The van der Waals surface area contributed by atoms with Crippen LogP contribution in [-0.4, -0.2) is 0 Å². The number of hydrogen-bond donors (Lipinski definition) is 0. The smallest absolute Gasteiger partial charge is 0.0554 e. The molecule has 0 fully saturated rings. The molecule has 0 aromatic heterocycles. The van der Waals surface area contributed by atoms with Crippen molar-refractivity contribution in [2.45, 2.75) is 0 Å². The molecule has 0 saturated heterocycles. The minimum atomic E-state index is 0.709. The van der Waals surface area contributed by atoms with Crippen molar-refractivity contribution in [2.75, 3.05) is 0 Å². The fourth-order valence-electron chi connectivity index (χ4n) is 2.05. The molecule has 0 nitrogen and oxygen atoms in total. The highest BCUT2D eigenvalue weighted by Gasteiger charge is 2.07. The Labute approximate surface area is 131 Å². The highest BCUT2D eigenvalue weighted by molar-refractivity contribution is 9.10. The lowest BCUT2D eigenvalue weighted by atomic mass is 10.0. The van der Waals surface area contributed by atoms with E-state index in [0.29, 0.717) is 10.0 Å². The normalized spacial score (nSPS) is 11.3. The lowest BCUT2D eigenvalue weighted by molar-refractivity contribution is 1.70. The molecular weight excluding hydrogens is 399 g/mol. The number of fused-ring (bicyclic) bond motifs is 3. The fourth-order valence-corrected chi connectivity index (χ4v) is 3.09. The molecule has 0 bridgehead atoms. The largest absolute Gasteiger partial charge is 0.0831 e. The lowest BCUT2D eigenvalue weighted by Gasteiger charge is -2.07. The fraction of sp³-hybridized carbons (Fsp3) is 0. The third kappa shape index (κ3) is 2.05. The molecule has 0 spiro atoms. The van der Waals surface area contributed by atoms with E-state index in [1.54, 1.807) is 0 Å². The zero-order valence-electron chi connectivity index (χ0n) is 8.98. The van der Waals surface area contributed by atoms with E-state index < -0.39 is 0 Å². The van der Waals surface area contributed by atoms with Crippen molar-refractivity contribution in [3.8, 4) is 0 Å². The molecule has 0 aliphatic carbocycles. The van der Waals surface area contributed by atoms with Gasteiger partial charge in [-0.1, -0.05) is 35.3 Å². The maximum absolute atomic E-state index is 6.17. The van der Waals surface area contributed by atoms with E-state index >= 15 is 0 Å². The molecule has 4 heteroatoms. The molecule has 3 aromatic carbocycles. The first-order valence-corrected chi connectivity index (χ1v) is 7.57. The first-order valence-electron chi connectivity index (χ1n) is 5.23. The Hall–Kier alpha value is -0.280. The summed E-state index contributed by atoms with van der Waals surface area (Å²) in [7, 11) is 0. The molecule has 0 heterocycles. The van der Waals surface area contributed by atoms with E-state index in [0.717, 1.165) is 30.5 Å². The molecule has 0 saturated carbocycles. The summed E-state index contributed by atoms with van der Waals surface area (Å²) < 4.78 is 1.80. The van der Waals surface area contributed by atoms with E-state index in [4.69, 9.17) is 23.2 Å². The van der Waals surface area contributed by atoms with Gasteiger partial charge in [-0.05, 0) is 77.7 Å². The van der Waals surface area contributed by atoms with Gasteiger partial charge in [0.2, 0.25) is 0 Å². The van der Waals surface area contributed by atoms with E-state index in [1.807, 2.05) is 24.3 Å². The van der Waals surface area contributed by atoms with Crippen LogP contribution in [0.4, 0.5) is 0 Å². The third-order valence-electron chi connectivity index (χ3n) is 2.92. The molecule has 0 aliphatic heterocycles. The van der Waals surface area contributed by atoms with Gasteiger partial charge in [-0.15, -0.1) is 0 Å². The van der Waals surface area contributed by atoms with Crippen LogP contribution in [0.5, 0.6) is 0 Å². The Morgan fingerprint density at radius 2 is 1.17 bits per heavy atom. The summed E-state index contributed by atoms with van der Waals surface area (Å²) in [6, 6.07) is 12.1. The minimum Gasteiger partial charge on any atom is -0.0831 e. The molecule has 0 amide bonds. The van der Waals surface area contributed by atoms with Crippen molar-refractivity contribution in [3.63, 3.8) is 0 Å². The molecule has 0 radical (unpaired) electrons. The molecule has 0 aliphatic rings. The summed E-state index contributed by atoms with van der Waals surface area (Å²) >= 11 is 19.2. The SMILES string of the molecule is Clc1cc2c(ccc3cc(Cl)c(Br)cc32)cc1Br. The van der Waals surface area contributed by atoms with Gasteiger partial charge in [-0.25, -0.2) is 0 Å². The van der Waals surface area contributed by atoms with Crippen LogP contribution in [0.3, 0.4) is 0 Å². The van der Waals surface area contributed by atoms with Gasteiger partial charge in [0, 0.05) is 8.95 Å². The maximum atomic E-state index is 6.17. The van der Waals surface area contributed by atoms with Crippen LogP contribution in [-0.2, 0) is 0 Å². The predicted octanol–water partition coefficient (Wildman–Crippen LogP) is 6.82. The Balaban J connectivity index is 2.52. The second-order valence-electron chi connectivity index (χ2n) is 4.04. The van der Waals surface area contributed by atoms with Crippen LogP contribution < -0.4 is 0 Å². The van der Waals surface area contributed by atoms with Gasteiger partial charge in [0.05, 0.1) is 10.0 Å². The van der Waals surface area contributed by atoms with Crippen molar-refractivity contribution in [2.24, 2.45) is 0 Å². The summed E-state index contributed by atoms with van der Waals surface area (Å²) in [6.07, 6.45) is 0. The Morgan fingerprint density at radius 1 is 0.667 bits per heavy atom. The predicted molar refractivity (Wildman–Crippen MR) is 86.9 cm³/mol. The van der Waals surface area contributed by atoms with E-state index in [-0.39, 0.29) is 0 Å². The topological polar surface area (TPSA) is 0 Å². The number of hydrogen-bond acceptors (Lipinski definition) is 0. The van der Waals surface area contributed by atoms with Crippen molar-refractivity contribution >= 4 is 76.6 Å². The van der Waals surface area contributed by atoms with Crippen LogP contribution in [0.2, 0.25) is 10.0 Å². The second kappa shape index (κ2) is 4.68. The molecule has 3 aromatic rings. The summed E-state index contributed by atoms with van der Waals surface area (Å²) in [5, 5.41) is 5.93. The molecule has 18 heavy (non-hydrogen) atoms. The summed E-state index contributed by atoms with van der Waals surface area (Å²) in [4.78, 5) is 0. The number of benzene rings is 3. The Kier molecular flexibility index (Phi) is 3.31. The first kappa shape index (κ1) is 12.7. The minimum absolute atomic E-state index is 0.709. The van der Waals surface area contributed by atoms with E-state index in [1.165, 1.54) is 0 Å². The van der Waals surface area contributed by atoms with Crippen molar-refractivity contribution in [1.29, 1.82) is 0 Å². The average Bonchev–Trinajstić information content (AvgIpc) is 2.33. The Bertz CT molecular complexity index is 715. The molecule has 0 unspecified atom stereocenters. The van der Waals surface area contributed by atoms with Gasteiger partial charge in [0.25, 0.3) is 0 Å². The monoisotopic (exact) mass is 402 g/mol. The van der Waals surface area contributed by atoms with Crippen LogP contribution in [0, 0.1) is 0 Å². The number of halogens is 4. The molecular formula is C14H6Br2Cl2. The van der Waals surface area contributed by atoms with Crippen molar-refractivity contribution in [1.82, 2.24) is 0 Å². The summed E-state index contributed by atoms with van der Waals surface area (Å²) in [5.41, 5.74) is 0.